The Morgan fingerprint density at radius 3 is 2.84 bits per heavy atom. The fourth-order valence-electron chi connectivity index (χ4n) is 3.07. The molecule has 1 aromatic heterocycles. The number of halogens is 2. The molecule has 2 aromatic carbocycles. The number of fused-ring (bicyclic) bond motifs is 1. The van der Waals surface area contributed by atoms with Crippen molar-refractivity contribution < 1.29 is 13.3 Å². The van der Waals surface area contributed by atoms with Crippen molar-refractivity contribution in [2.45, 2.75) is 19.5 Å². The Kier molecular flexibility index (Phi) is 4.19. The largest absolute Gasteiger partial charge is 0.359 e. The van der Waals surface area contributed by atoms with Crippen molar-refractivity contribution in [2.75, 3.05) is 11.9 Å². The molecule has 0 aliphatic carbocycles. The van der Waals surface area contributed by atoms with Crippen molar-refractivity contribution in [1.29, 1.82) is 0 Å². The van der Waals surface area contributed by atoms with E-state index < -0.39 is 0 Å². The van der Waals surface area contributed by atoms with Gasteiger partial charge in [-0.25, -0.2) is 8.78 Å². The number of nitrogens with one attached hydrogen (secondary N) is 1. The van der Waals surface area contributed by atoms with E-state index >= 15 is 0 Å². The third-order valence-electron chi connectivity index (χ3n) is 4.35. The third kappa shape index (κ3) is 3.39. The van der Waals surface area contributed by atoms with Crippen molar-refractivity contribution >= 4 is 11.5 Å². The molecule has 6 heteroatoms. The smallest absolute Gasteiger partial charge is 0.178 e. The normalized spacial score (nSPS) is 14.3. The molecule has 4 nitrogen and oxygen atoms in total. The van der Waals surface area contributed by atoms with Gasteiger partial charge in [0.1, 0.15) is 17.4 Å². The zero-order chi connectivity index (χ0) is 17.2. The molecule has 0 spiro atoms. The van der Waals surface area contributed by atoms with Crippen molar-refractivity contribution in [1.82, 2.24) is 10.1 Å². The van der Waals surface area contributed by atoms with Gasteiger partial charge in [-0.1, -0.05) is 29.4 Å². The van der Waals surface area contributed by atoms with Crippen LogP contribution in [-0.4, -0.2) is 16.6 Å². The maximum Gasteiger partial charge on any atom is 0.178 e. The molecule has 0 unspecified atom stereocenters. The van der Waals surface area contributed by atoms with Crippen LogP contribution in [0.1, 0.15) is 16.9 Å². The van der Waals surface area contributed by atoms with Crippen molar-refractivity contribution in [3.05, 3.63) is 77.1 Å². The predicted molar refractivity (Wildman–Crippen MR) is 90.4 cm³/mol. The maximum absolute atomic E-state index is 13.9. The van der Waals surface area contributed by atoms with Gasteiger partial charge < -0.3 is 9.84 Å². The lowest BCUT2D eigenvalue weighted by atomic mass is 10.1. The molecule has 2 heterocycles. The van der Waals surface area contributed by atoms with E-state index in [-0.39, 0.29) is 11.6 Å². The van der Waals surface area contributed by atoms with Gasteiger partial charge in [0, 0.05) is 37.3 Å². The second-order valence-corrected chi connectivity index (χ2v) is 6.12. The quantitative estimate of drug-likeness (QED) is 0.770. The second kappa shape index (κ2) is 6.64. The number of aromatic nitrogens is 1. The van der Waals surface area contributed by atoms with E-state index in [1.165, 1.54) is 18.2 Å². The summed E-state index contributed by atoms with van der Waals surface area (Å²) in [6, 6.07) is 13.0. The van der Waals surface area contributed by atoms with Gasteiger partial charge in [0.2, 0.25) is 0 Å². The Hall–Kier alpha value is -2.73. The fraction of sp³-hybridized carbons (Fsp3) is 0.211. The van der Waals surface area contributed by atoms with Crippen LogP contribution in [0.25, 0.3) is 0 Å². The molecule has 0 radical (unpaired) electrons. The molecule has 0 atom stereocenters. The van der Waals surface area contributed by atoms with Gasteiger partial charge in [0.25, 0.3) is 0 Å². The molecule has 1 aliphatic heterocycles. The van der Waals surface area contributed by atoms with E-state index in [4.69, 9.17) is 4.52 Å². The van der Waals surface area contributed by atoms with Gasteiger partial charge in [-0.05, 0) is 24.3 Å². The Morgan fingerprint density at radius 1 is 1.12 bits per heavy atom. The van der Waals surface area contributed by atoms with Gasteiger partial charge in [-0.3, -0.25) is 4.90 Å². The molecular formula is C19H17F2N3O. The number of anilines is 2. The lowest BCUT2D eigenvalue weighted by Gasteiger charge is -2.26. The summed E-state index contributed by atoms with van der Waals surface area (Å²) in [6.07, 6.45) is 0.710. The lowest BCUT2D eigenvalue weighted by Crippen LogP contribution is -2.30. The van der Waals surface area contributed by atoms with E-state index in [2.05, 4.69) is 15.4 Å². The molecule has 25 heavy (non-hydrogen) atoms. The zero-order valence-corrected chi connectivity index (χ0v) is 13.5. The molecule has 0 saturated carbocycles. The minimum atomic E-state index is -0.316. The highest BCUT2D eigenvalue weighted by atomic mass is 19.1. The second-order valence-electron chi connectivity index (χ2n) is 6.12. The van der Waals surface area contributed by atoms with E-state index in [1.807, 2.05) is 6.07 Å². The molecule has 4 rings (SSSR count). The van der Waals surface area contributed by atoms with Crippen LogP contribution in [-0.2, 0) is 19.5 Å². The van der Waals surface area contributed by atoms with Gasteiger partial charge in [-0.2, -0.15) is 0 Å². The summed E-state index contributed by atoms with van der Waals surface area (Å²) >= 11 is 0. The number of hydrogen-bond donors (Lipinski definition) is 1. The Balaban J connectivity index is 1.52. The van der Waals surface area contributed by atoms with Crippen LogP contribution in [0.15, 0.2) is 53.1 Å². The minimum absolute atomic E-state index is 0.197. The summed E-state index contributed by atoms with van der Waals surface area (Å²) in [5.41, 5.74) is 2.22. The first kappa shape index (κ1) is 15.8. The standard InChI is InChI=1S/C19H17F2N3O/c20-14-5-3-6-15(10-14)22-19-16-12-24(9-8-18(16)25-23-19)11-13-4-1-2-7-17(13)21/h1-7,10H,8-9,11-12H2,(H,22,23). The van der Waals surface area contributed by atoms with Gasteiger partial charge in [0.15, 0.2) is 5.82 Å². The Labute approximate surface area is 144 Å². The van der Waals surface area contributed by atoms with Crippen LogP contribution in [0.3, 0.4) is 0 Å². The highest BCUT2D eigenvalue weighted by Gasteiger charge is 2.25. The molecule has 0 amide bonds. The van der Waals surface area contributed by atoms with E-state index in [0.29, 0.717) is 36.6 Å². The van der Waals surface area contributed by atoms with E-state index in [9.17, 15) is 8.78 Å². The van der Waals surface area contributed by atoms with Gasteiger partial charge >= 0.3 is 0 Å². The molecule has 1 N–H and O–H groups in total. The fourth-order valence-corrected chi connectivity index (χ4v) is 3.07. The van der Waals surface area contributed by atoms with Crippen LogP contribution in [0.4, 0.5) is 20.3 Å². The highest BCUT2D eigenvalue weighted by molar-refractivity contribution is 5.59. The summed E-state index contributed by atoms with van der Waals surface area (Å²) in [7, 11) is 0. The summed E-state index contributed by atoms with van der Waals surface area (Å²) in [5.74, 6) is 0.891. The zero-order valence-electron chi connectivity index (χ0n) is 13.5. The molecule has 0 saturated heterocycles. The number of hydrogen-bond acceptors (Lipinski definition) is 4. The van der Waals surface area contributed by atoms with Crippen molar-refractivity contribution in [2.24, 2.45) is 0 Å². The van der Waals surface area contributed by atoms with Crippen LogP contribution < -0.4 is 5.32 Å². The van der Waals surface area contributed by atoms with E-state index in [0.717, 1.165) is 17.9 Å². The molecule has 3 aromatic rings. The highest BCUT2D eigenvalue weighted by Crippen LogP contribution is 2.29. The molecular weight excluding hydrogens is 324 g/mol. The third-order valence-corrected chi connectivity index (χ3v) is 4.35. The van der Waals surface area contributed by atoms with Crippen LogP contribution >= 0.6 is 0 Å². The molecule has 0 fully saturated rings. The average molecular weight is 341 g/mol. The Morgan fingerprint density at radius 2 is 2.00 bits per heavy atom. The van der Waals surface area contributed by atoms with Crippen LogP contribution in [0.5, 0.6) is 0 Å². The molecule has 1 aliphatic rings. The first-order valence-electron chi connectivity index (χ1n) is 8.15. The monoisotopic (exact) mass is 341 g/mol. The number of nitrogens with zero attached hydrogens (tertiary/aromatic N) is 2. The topological polar surface area (TPSA) is 41.3 Å². The Bertz CT molecular complexity index is 894. The molecule has 128 valence electrons. The summed E-state index contributed by atoms with van der Waals surface area (Å²) < 4.78 is 32.6. The predicted octanol–water partition coefficient (Wildman–Crippen LogP) is 4.25. The first-order valence-corrected chi connectivity index (χ1v) is 8.15. The average Bonchev–Trinajstić information content (AvgIpc) is 2.99. The van der Waals surface area contributed by atoms with E-state index in [1.54, 1.807) is 24.3 Å². The maximum atomic E-state index is 13.9. The first-order chi connectivity index (χ1) is 12.2. The number of rotatable bonds is 4. The van der Waals surface area contributed by atoms with Crippen LogP contribution in [0.2, 0.25) is 0 Å². The number of benzene rings is 2. The van der Waals surface area contributed by atoms with Crippen molar-refractivity contribution in [3.8, 4) is 0 Å². The molecule has 0 bridgehead atoms. The lowest BCUT2D eigenvalue weighted by molar-refractivity contribution is 0.226. The van der Waals surface area contributed by atoms with Gasteiger partial charge in [0.05, 0.1) is 5.56 Å². The van der Waals surface area contributed by atoms with Crippen LogP contribution in [0, 0.1) is 11.6 Å². The summed E-state index contributed by atoms with van der Waals surface area (Å²) in [4.78, 5) is 2.15. The summed E-state index contributed by atoms with van der Waals surface area (Å²) in [5, 5.41) is 7.18. The summed E-state index contributed by atoms with van der Waals surface area (Å²) in [6.45, 7) is 1.90. The van der Waals surface area contributed by atoms with Crippen molar-refractivity contribution in [3.63, 3.8) is 0 Å². The van der Waals surface area contributed by atoms with Gasteiger partial charge in [-0.15, -0.1) is 0 Å². The SMILES string of the molecule is Fc1cccc(Nc2noc3c2CN(Cc2ccccc2F)CC3)c1. The minimum Gasteiger partial charge on any atom is -0.359 e.